The van der Waals surface area contributed by atoms with Crippen molar-refractivity contribution in [2.75, 3.05) is 7.05 Å². The Labute approximate surface area is 132 Å². The SMILES string of the molecule is CC(C(=O)NC1CCCCC1)N(C)Cc1ccccc1Cl. The zero-order valence-electron chi connectivity index (χ0n) is 12.9. The molecular weight excluding hydrogens is 284 g/mol. The highest BCUT2D eigenvalue weighted by Gasteiger charge is 2.22. The van der Waals surface area contributed by atoms with Gasteiger partial charge in [-0.1, -0.05) is 49.1 Å². The number of likely N-dealkylation sites (N-methyl/N-ethyl adjacent to an activating group) is 1. The maximum absolute atomic E-state index is 12.3. The predicted molar refractivity (Wildman–Crippen MR) is 87.4 cm³/mol. The Morgan fingerprint density at radius 3 is 2.67 bits per heavy atom. The summed E-state index contributed by atoms with van der Waals surface area (Å²) in [7, 11) is 1.97. The first-order chi connectivity index (χ1) is 10.1. The normalized spacial score (nSPS) is 17.7. The fourth-order valence-corrected chi connectivity index (χ4v) is 3.00. The van der Waals surface area contributed by atoms with Crippen LogP contribution in [0.2, 0.25) is 5.02 Å². The van der Waals surface area contributed by atoms with Crippen molar-refractivity contribution >= 4 is 17.5 Å². The quantitative estimate of drug-likeness (QED) is 0.901. The number of carbonyl (C=O) groups excluding carboxylic acids is 1. The van der Waals surface area contributed by atoms with Crippen LogP contribution in [0.5, 0.6) is 0 Å². The predicted octanol–water partition coefficient (Wildman–Crippen LogP) is 3.61. The smallest absolute Gasteiger partial charge is 0.237 e. The van der Waals surface area contributed by atoms with Crippen molar-refractivity contribution in [2.24, 2.45) is 0 Å². The second kappa shape index (κ2) is 7.81. The molecule has 116 valence electrons. The summed E-state index contributed by atoms with van der Waals surface area (Å²) in [6.45, 7) is 2.63. The molecule has 1 aliphatic carbocycles. The van der Waals surface area contributed by atoms with E-state index in [2.05, 4.69) is 5.32 Å². The molecular formula is C17H25ClN2O. The lowest BCUT2D eigenvalue weighted by Crippen LogP contribution is -2.47. The molecule has 1 aromatic rings. The maximum Gasteiger partial charge on any atom is 0.237 e. The molecule has 1 amide bonds. The Hall–Kier alpha value is -1.06. The van der Waals surface area contributed by atoms with E-state index < -0.39 is 0 Å². The van der Waals surface area contributed by atoms with Gasteiger partial charge in [0.25, 0.3) is 0 Å². The Morgan fingerprint density at radius 1 is 1.33 bits per heavy atom. The van der Waals surface area contributed by atoms with Crippen LogP contribution in [0.3, 0.4) is 0 Å². The van der Waals surface area contributed by atoms with E-state index in [1.165, 1.54) is 19.3 Å². The number of hydrogen-bond acceptors (Lipinski definition) is 2. The zero-order chi connectivity index (χ0) is 15.2. The lowest BCUT2D eigenvalue weighted by Gasteiger charge is -2.28. The molecule has 21 heavy (non-hydrogen) atoms. The van der Waals surface area contributed by atoms with Gasteiger partial charge in [-0.15, -0.1) is 0 Å². The van der Waals surface area contributed by atoms with Crippen LogP contribution in [0, 0.1) is 0 Å². The minimum absolute atomic E-state index is 0.122. The molecule has 0 spiro atoms. The van der Waals surface area contributed by atoms with Gasteiger partial charge < -0.3 is 5.32 Å². The fraction of sp³-hybridized carbons (Fsp3) is 0.588. The van der Waals surface area contributed by atoms with Gasteiger partial charge in [-0.25, -0.2) is 0 Å². The van der Waals surface area contributed by atoms with Gasteiger partial charge in [0.05, 0.1) is 6.04 Å². The van der Waals surface area contributed by atoms with Crippen molar-refractivity contribution in [3.63, 3.8) is 0 Å². The molecule has 0 aliphatic heterocycles. The molecule has 1 aliphatic rings. The number of halogens is 1. The number of amides is 1. The van der Waals surface area contributed by atoms with Crippen LogP contribution >= 0.6 is 11.6 Å². The van der Waals surface area contributed by atoms with Crippen molar-refractivity contribution < 1.29 is 4.79 Å². The molecule has 0 aromatic heterocycles. The van der Waals surface area contributed by atoms with Gasteiger partial charge in [-0.05, 0) is 38.4 Å². The fourth-order valence-electron chi connectivity index (χ4n) is 2.80. The minimum atomic E-state index is -0.150. The number of hydrogen-bond donors (Lipinski definition) is 1. The summed E-state index contributed by atoms with van der Waals surface area (Å²) < 4.78 is 0. The van der Waals surface area contributed by atoms with Gasteiger partial charge in [0.1, 0.15) is 0 Å². The Kier molecular flexibility index (Phi) is 6.07. The highest BCUT2D eigenvalue weighted by atomic mass is 35.5. The van der Waals surface area contributed by atoms with E-state index >= 15 is 0 Å². The molecule has 1 aromatic carbocycles. The number of nitrogens with one attached hydrogen (secondary N) is 1. The molecule has 4 heteroatoms. The van der Waals surface area contributed by atoms with Crippen LogP contribution in [0.1, 0.15) is 44.6 Å². The highest BCUT2D eigenvalue weighted by molar-refractivity contribution is 6.31. The summed E-state index contributed by atoms with van der Waals surface area (Å²) in [6, 6.07) is 8.00. The first-order valence-corrected chi connectivity index (χ1v) is 8.19. The molecule has 0 radical (unpaired) electrons. The van der Waals surface area contributed by atoms with Crippen LogP contribution in [-0.2, 0) is 11.3 Å². The molecule has 1 saturated carbocycles. The molecule has 3 nitrogen and oxygen atoms in total. The van der Waals surface area contributed by atoms with Crippen LogP contribution < -0.4 is 5.32 Å². The summed E-state index contributed by atoms with van der Waals surface area (Å²) in [5.74, 6) is 0.122. The Morgan fingerprint density at radius 2 is 2.00 bits per heavy atom. The number of rotatable bonds is 5. The lowest BCUT2D eigenvalue weighted by atomic mass is 9.95. The average molecular weight is 309 g/mol. The molecule has 0 bridgehead atoms. The van der Waals surface area contributed by atoms with Crippen LogP contribution in [0.15, 0.2) is 24.3 Å². The van der Waals surface area contributed by atoms with Gasteiger partial charge >= 0.3 is 0 Å². The second-order valence-electron chi connectivity index (χ2n) is 6.03. The van der Waals surface area contributed by atoms with Crippen molar-refractivity contribution in [2.45, 2.75) is 57.7 Å². The summed E-state index contributed by atoms with van der Waals surface area (Å²) in [5.41, 5.74) is 1.05. The molecule has 0 saturated heterocycles. The third-order valence-corrected chi connectivity index (χ3v) is 4.74. The Bertz CT molecular complexity index is 472. The third-order valence-electron chi connectivity index (χ3n) is 4.37. The standard InChI is InChI=1S/C17H25ClN2O/c1-13(17(21)19-15-9-4-3-5-10-15)20(2)12-14-8-6-7-11-16(14)18/h6-8,11,13,15H,3-5,9-10,12H2,1-2H3,(H,19,21). The zero-order valence-corrected chi connectivity index (χ0v) is 13.7. The van der Waals surface area contributed by atoms with Crippen molar-refractivity contribution in [3.05, 3.63) is 34.9 Å². The van der Waals surface area contributed by atoms with Gasteiger partial charge in [0.15, 0.2) is 0 Å². The number of nitrogens with zero attached hydrogens (tertiary/aromatic N) is 1. The van der Waals surface area contributed by atoms with Crippen LogP contribution in [0.25, 0.3) is 0 Å². The van der Waals surface area contributed by atoms with E-state index in [1.807, 2.05) is 43.1 Å². The van der Waals surface area contributed by atoms with Gasteiger partial charge in [-0.3, -0.25) is 9.69 Å². The molecule has 0 heterocycles. The molecule has 1 atom stereocenters. The van der Waals surface area contributed by atoms with E-state index in [0.717, 1.165) is 23.4 Å². The molecule has 1 fully saturated rings. The second-order valence-corrected chi connectivity index (χ2v) is 6.43. The van der Waals surface area contributed by atoms with Crippen LogP contribution in [0.4, 0.5) is 0 Å². The average Bonchev–Trinajstić information content (AvgIpc) is 2.49. The van der Waals surface area contributed by atoms with E-state index in [0.29, 0.717) is 12.6 Å². The topological polar surface area (TPSA) is 32.3 Å². The van der Waals surface area contributed by atoms with E-state index in [4.69, 9.17) is 11.6 Å². The highest BCUT2D eigenvalue weighted by Crippen LogP contribution is 2.19. The minimum Gasteiger partial charge on any atom is -0.352 e. The maximum atomic E-state index is 12.3. The van der Waals surface area contributed by atoms with E-state index in [9.17, 15) is 4.79 Å². The summed E-state index contributed by atoms with van der Waals surface area (Å²) in [5, 5.41) is 3.94. The monoisotopic (exact) mass is 308 g/mol. The van der Waals surface area contributed by atoms with Crippen molar-refractivity contribution in [1.82, 2.24) is 10.2 Å². The van der Waals surface area contributed by atoms with Gasteiger partial charge in [-0.2, -0.15) is 0 Å². The number of benzene rings is 1. The first-order valence-electron chi connectivity index (χ1n) is 7.82. The van der Waals surface area contributed by atoms with Crippen molar-refractivity contribution in [3.8, 4) is 0 Å². The van der Waals surface area contributed by atoms with Crippen molar-refractivity contribution in [1.29, 1.82) is 0 Å². The number of carbonyl (C=O) groups is 1. The lowest BCUT2D eigenvalue weighted by molar-refractivity contribution is -0.126. The Balaban J connectivity index is 1.87. The third kappa shape index (κ3) is 4.72. The first kappa shape index (κ1) is 16.3. The van der Waals surface area contributed by atoms with Gasteiger partial charge in [0, 0.05) is 17.6 Å². The summed E-state index contributed by atoms with van der Waals surface area (Å²) >= 11 is 6.18. The van der Waals surface area contributed by atoms with Gasteiger partial charge in [0.2, 0.25) is 5.91 Å². The van der Waals surface area contributed by atoms with Crippen LogP contribution in [-0.4, -0.2) is 29.9 Å². The van der Waals surface area contributed by atoms with E-state index in [-0.39, 0.29) is 11.9 Å². The summed E-state index contributed by atoms with van der Waals surface area (Å²) in [4.78, 5) is 14.4. The largest absolute Gasteiger partial charge is 0.352 e. The summed E-state index contributed by atoms with van der Waals surface area (Å²) in [6.07, 6.45) is 6.00. The van der Waals surface area contributed by atoms with E-state index in [1.54, 1.807) is 0 Å². The molecule has 1 unspecified atom stereocenters. The molecule has 1 N–H and O–H groups in total. The molecule has 2 rings (SSSR count).